The first-order valence-electron chi connectivity index (χ1n) is 7.06. The Hall–Kier alpha value is -0.610. The summed E-state index contributed by atoms with van der Waals surface area (Å²) in [4.78, 5) is 16.2. The van der Waals surface area contributed by atoms with Gasteiger partial charge in [-0.15, -0.1) is 0 Å². The Bertz CT molecular complexity index is 239. The van der Waals surface area contributed by atoms with E-state index < -0.39 is 0 Å². The minimum atomic E-state index is 0.212. The summed E-state index contributed by atoms with van der Waals surface area (Å²) in [6, 6.07) is 0. The number of nitrogens with zero attached hydrogens (tertiary/aromatic N) is 2. The van der Waals surface area contributed by atoms with Crippen molar-refractivity contribution in [2.24, 2.45) is 0 Å². The highest BCUT2D eigenvalue weighted by molar-refractivity contribution is 5.76. The lowest BCUT2D eigenvalue weighted by atomic mass is 10.1. The van der Waals surface area contributed by atoms with Gasteiger partial charge in [-0.3, -0.25) is 4.79 Å². The molecule has 0 unspecified atom stereocenters. The molecule has 1 amide bonds. The number of hydrogen-bond donors (Lipinski definition) is 1. The van der Waals surface area contributed by atoms with E-state index in [1.165, 1.54) is 45.3 Å². The Labute approximate surface area is 104 Å². The molecule has 2 heterocycles. The van der Waals surface area contributed by atoms with Crippen LogP contribution in [-0.2, 0) is 4.79 Å². The van der Waals surface area contributed by atoms with Crippen LogP contribution in [0.1, 0.15) is 32.1 Å². The van der Waals surface area contributed by atoms with Gasteiger partial charge in [0.05, 0.1) is 0 Å². The second-order valence-electron chi connectivity index (χ2n) is 5.20. The molecule has 0 radical (unpaired) electrons. The fraction of sp³-hybridized carbons (Fsp3) is 0.923. The fourth-order valence-electron chi connectivity index (χ4n) is 2.74. The molecule has 0 aliphatic carbocycles. The minimum Gasteiger partial charge on any atom is -0.355 e. The zero-order valence-electron chi connectivity index (χ0n) is 10.8. The standard InChI is InChI=1S/C13H25N3O/c17-13-5-11-16(12-6-14-13)10-4-9-15-7-2-1-3-8-15/h1-12H2,(H,14,17). The highest BCUT2D eigenvalue weighted by Gasteiger charge is 2.14. The Kier molecular flexibility index (Phi) is 5.26. The van der Waals surface area contributed by atoms with Crippen molar-refractivity contribution >= 4 is 5.91 Å². The molecule has 2 aliphatic heterocycles. The molecule has 0 aromatic rings. The Balaban J connectivity index is 1.59. The molecule has 0 aromatic carbocycles. The van der Waals surface area contributed by atoms with E-state index in [2.05, 4.69) is 15.1 Å². The van der Waals surface area contributed by atoms with Crippen LogP contribution in [-0.4, -0.2) is 61.5 Å². The molecule has 0 saturated carbocycles. The molecule has 2 aliphatic rings. The first-order chi connectivity index (χ1) is 8.34. The highest BCUT2D eigenvalue weighted by Crippen LogP contribution is 2.09. The van der Waals surface area contributed by atoms with E-state index in [0.29, 0.717) is 6.42 Å². The predicted molar refractivity (Wildman–Crippen MR) is 69.0 cm³/mol. The molecule has 2 fully saturated rings. The molecule has 1 N–H and O–H groups in total. The first kappa shape index (κ1) is 12.8. The van der Waals surface area contributed by atoms with Gasteiger partial charge < -0.3 is 15.1 Å². The van der Waals surface area contributed by atoms with E-state index in [0.717, 1.165) is 26.2 Å². The van der Waals surface area contributed by atoms with Crippen LogP contribution in [0.25, 0.3) is 0 Å². The SMILES string of the molecule is O=C1CCN(CCCN2CCCCC2)CCN1. The summed E-state index contributed by atoms with van der Waals surface area (Å²) in [5, 5.41) is 2.92. The Morgan fingerprint density at radius 1 is 0.941 bits per heavy atom. The minimum absolute atomic E-state index is 0.212. The van der Waals surface area contributed by atoms with Crippen LogP contribution in [0, 0.1) is 0 Å². The average Bonchev–Trinajstić information content (AvgIpc) is 2.56. The fourth-order valence-corrected chi connectivity index (χ4v) is 2.74. The van der Waals surface area contributed by atoms with Crippen molar-refractivity contribution in [1.29, 1.82) is 0 Å². The second kappa shape index (κ2) is 6.97. The number of rotatable bonds is 4. The third kappa shape index (κ3) is 4.64. The predicted octanol–water partition coefficient (Wildman–Crippen LogP) is 0.684. The van der Waals surface area contributed by atoms with Crippen LogP contribution in [0.3, 0.4) is 0 Å². The van der Waals surface area contributed by atoms with Gasteiger partial charge in [-0.1, -0.05) is 6.42 Å². The number of piperidine rings is 1. The van der Waals surface area contributed by atoms with Crippen molar-refractivity contribution in [1.82, 2.24) is 15.1 Å². The highest BCUT2D eigenvalue weighted by atomic mass is 16.1. The number of carbonyl (C=O) groups is 1. The van der Waals surface area contributed by atoms with E-state index >= 15 is 0 Å². The number of carbonyl (C=O) groups excluding carboxylic acids is 1. The molecule has 98 valence electrons. The molecule has 2 rings (SSSR count). The van der Waals surface area contributed by atoms with Crippen LogP contribution < -0.4 is 5.32 Å². The van der Waals surface area contributed by atoms with Gasteiger partial charge >= 0.3 is 0 Å². The van der Waals surface area contributed by atoms with Crippen molar-refractivity contribution in [3.8, 4) is 0 Å². The van der Waals surface area contributed by atoms with E-state index in [9.17, 15) is 4.79 Å². The maximum atomic E-state index is 11.2. The summed E-state index contributed by atoms with van der Waals surface area (Å²) in [5.74, 6) is 0.212. The second-order valence-corrected chi connectivity index (χ2v) is 5.20. The lowest BCUT2D eigenvalue weighted by molar-refractivity contribution is -0.120. The van der Waals surface area contributed by atoms with Gasteiger partial charge in [0.15, 0.2) is 0 Å². The van der Waals surface area contributed by atoms with Crippen molar-refractivity contribution in [3.63, 3.8) is 0 Å². The molecule has 0 bridgehead atoms. The Morgan fingerprint density at radius 3 is 2.41 bits per heavy atom. The third-order valence-corrected chi connectivity index (χ3v) is 3.80. The summed E-state index contributed by atoms with van der Waals surface area (Å²) in [6.45, 7) is 7.74. The molecule has 0 spiro atoms. The lowest BCUT2D eigenvalue weighted by Crippen LogP contribution is -2.34. The van der Waals surface area contributed by atoms with Gasteiger partial charge in [-0.2, -0.15) is 0 Å². The van der Waals surface area contributed by atoms with E-state index in [-0.39, 0.29) is 5.91 Å². The average molecular weight is 239 g/mol. The van der Waals surface area contributed by atoms with E-state index in [1.54, 1.807) is 0 Å². The smallest absolute Gasteiger partial charge is 0.221 e. The molecular formula is C13H25N3O. The maximum absolute atomic E-state index is 11.2. The van der Waals surface area contributed by atoms with E-state index in [1.807, 2.05) is 0 Å². The van der Waals surface area contributed by atoms with Gasteiger partial charge in [0.2, 0.25) is 5.91 Å². The molecule has 4 nitrogen and oxygen atoms in total. The van der Waals surface area contributed by atoms with Crippen LogP contribution >= 0.6 is 0 Å². The van der Waals surface area contributed by atoms with Gasteiger partial charge in [-0.05, 0) is 45.4 Å². The third-order valence-electron chi connectivity index (χ3n) is 3.80. The van der Waals surface area contributed by atoms with Crippen LogP contribution in [0.15, 0.2) is 0 Å². The maximum Gasteiger partial charge on any atom is 0.221 e. The molecule has 17 heavy (non-hydrogen) atoms. The molecule has 0 aromatic heterocycles. The molecule has 2 saturated heterocycles. The van der Waals surface area contributed by atoms with Gasteiger partial charge in [0.1, 0.15) is 0 Å². The summed E-state index contributed by atoms with van der Waals surface area (Å²) < 4.78 is 0. The number of amides is 1. The summed E-state index contributed by atoms with van der Waals surface area (Å²) >= 11 is 0. The summed E-state index contributed by atoms with van der Waals surface area (Å²) in [7, 11) is 0. The number of likely N-dealkylation sites (tertiary alicyclic amines) is 1. The quantitative estimate of drug-likeness (QED) is 0.784. The van der Waals surface area contributed by atoms with E-state index in [4.69, 9.17) is 0 Å². The summed E-state index contributed by atoms with van der Waals surface area (Å²) in [6.07, 6.45) is 6.08. The molecule has 4 heteroatoms. The zero-order valence-corrected chi connectivity index (χ0v) is 10.8. The molecule has 0 atom stereocenters. The Morgan fingerprint density at radius 2 is 1.65 bits per heavy atom. The van der Waals surface area contributed by atoms with Crippen LogP contribution in [0.4, 0.5) is 0 Å². The topological polar surface area (TPSA) is 35.6 Å². The normalized spacial score (nSPS) is 24.4. The summed E-state index contributed by atoms with van der Waals surface area (Å²) in [5.41, 5.74) is 0. The van der Waals surface area contributed by atoms with Crippen molar-refractivity contribution in [2.75, 3.05) is 45.8 Å². The first-order valence-corrected chi connectivity index (χ1v) is 7.06. The lowest BCUT2D eigenvalue weighted by Gasteiger charge is -2.27. The van der Waals surface area contributed by atoms with Crippen LogP contribution in [0.5, 0.6) is 0 Å². The van der Waals surface area contributed by atoms with Crippen LogP contribution in [0.2, 0.25) is 0 Å². The molecular weight excluding hydrogens is 214 g/mol. The van der Waals surface area contributed by atoms with Crippen molar-refractivity contribution < 1.29 is 4.79 Å². The van der Waals surface area contributed by atoms with Gasteiger partial charge in [-0.25, -0.2) is 0 Å². The van der Waals surface area contributed by atoms with Gasteiger partial charge in [0, 0.05) is 26.1 Å². The number of hydrogen-bond acceptors (Lipinski definition) is 3. The number of nitrogens with one attached hydrogen (secondary N) is 1. The zero-order chi connectivity index (χ0) is 11.9. The van der Waals surface area contributed by atoms with Crippen molar-refractivity contribution in [2.45, 2.75) is 32.1 Å². The van der Waals surface area contributed by atoms with Crippen molar-refractivity contribution in [3.05, 3.63) is 0 Å². The van der Waals surface area contributed by atoms with Gasteiger partial charge in [0.25, 0.3) is 0 Å². The largest absolute Gasteiger partial charge is 0.355 e. The monoisotopic (exact) mass is 239 g/mol.